The second kappa shape index (κ2) is 4.50. The smallest absolute Gasteiger partial charge is 0.191 e. The molecule has 1 aromatic carbocycles. The van der Waals surface area contributed by atoms with Gasteiger partial charge in [-0.15, -0.1) is 10.2 Å². The molecule has 0 spiro atoms. The Balaban J connectivity index is 2.06. The lowest BCUT2D eigenvalue weighted by atomic mass is 10.1. The summed E-state index contributed by atoms with van der Waals surface area (Å²) in [5, 5.41) is 13.6. The molecule has 3 N–H and O–H groups in total. The molecule has 1 heterocycles. The van der Waals surface area contributed by atoms with Crippen LogP contribution in [0, 0.1) is 0 Å². The van der Waals surface area contributed by atoms with E-state index < -0.39 is 0 Å². The summed E-state index contributed by atoms with van der Waals surface area (Å²) in [6, 6.07) is 7.79. The first kappa shape index (κ1) is 10.3. The third-order valence-electron chi connectivity index (χ3n) is 2.06. The molecule has 2 aromatic rings. The highest BCUT2D eigenvalue weighted by Crippen LogP contribution is 2.15. The quantitative estimate of drug-likeness (QED) is 0.876. The Morgan fingerprint density at radius 1 is 1.33 bits per heavy atom. The maximum atomic E-state index is 5.91. The van der Waals surface area contributed by atoms with E-state index in [2.05, 4.69) is 36.6 Å². The number of nitrogens with one attached hydrogen (secondary N) is 1. The molecule has 0 bridgehead atoms. The van der Waals surface area contributed by atoms with Crippen molar-refractivity contribution in [3.63, 3.8) is 0 Å². The van der Waals surface area contributed by atoms with Crippen LogP contribution >= 0.6 is 15.9 Å². The molecule has 0 saturated carbocycles. The topological polar surface area (TPSA) is 80.5 Å². The van der Waals surface area contributed by atoms with Crippen LogP contribution in [0.4, 0.5) is 0 Å². The van der Waals surface area contributed by atoms with Crippen molar-refractivity contribution in [2.45, 2.75) is 12.5 Å². The minimum Gasteiger partial charge on any atom is -0.321 e. The molecule has 6 heteroatoms. The summed E-state index contributed by atoms with van der Waals surface area (Å²) in [6.07, 6.45) is 0.701. The average Bonchev–Trinajstić information content (AvgIpc) is 2.74. The standard InChI is InChI=1S/C9H10BrN5/c10-7-3-1-6(2-4-7)5-8(11)9-12-14-15-13-9/h1-4,8H,5,11H2,(H,12,13,14,15)/t8-/m0/s1. The number of hydrogen-bond donors (Lipinski definition) is 2. The molecule has 5 nitrogen and oxygen atoms in total. The van der Waals surface area contributed by atoms with Gasteiger partial charge in [-0.25, -0.2) is 0 Å². The number of H-pyrrole nitrogens is 1. The minimum absolute atomic E-state index is 0.218. The highest BCUT2D eigenvalue weighted by molar-refractivity contribution is 9.10. The van der Waals surface area contributed by atoms with Crippen LogP contribution in [0.2, 0.25) is 0 Å². The summed E-state index contributed by atoms with van der Waals surface area (Å²) in [5.41, 5.74) is 7.06. The van der Waals surface area contributed by atoms with E-state index in [1.165, 1.54) is 0 Å². The van der Waals surface area contributed by atoms with Crippen molar-refractivity contribution in [3.05, 3.63) is 40.1 Å². The van der Waals surface area contributed by atoms with Gasteiger partial charge in [0, 0.05) is 4.47 Å². The molecule has 78 valence electrons. The van der Waals surface area contributed by atoms with E-state index in [1.807, 2.05) is 24.3 Å². The van der Waals surface area contributed by atoms with E-state index in [0.717, 1.165) is 10.0 Å². The van der Waals surface area contributed by atoms with Gasteiger partial charge in [-0.05, 0) is 24.1 Å². The molecular weight excluding hydrogens is 258 g/mol. The third-order valence-corrected chi connectivity index (χ3v) is 2.59. The van der Waals surface area contributed by atoms with E-state index in [-0.39, 0.29) is 6.04 Å². The Labute approximate surface area is 95.2 Å². The van der Waals surface area contributed by atoms with Crippen molar-refractivity contribution < 1.29 is 0 Å². The van der Waals surface area contributed by atoms with Gasteiger partial charge in [0.15, 0.2) is 5.82 Å². The van der Waals surface area contributed by atoms with Gasteiger partial charge in [0.2, 0.25) is 0 Å². The summed E-state index contributed by atoms with van der Waals surface area (Å²) < 4.78 is 1.05. The number of nitrogens with zero attached hydrogens (tertiary/aromatic N) is 3. The molecule has 0 amide bonds. The molecule has 15 heavy (non-hydrogen) atoms. The molecule has 2 rings (SSSR count). The number of benzene rings is 1. The maximum Gasteiger partial charge on any atom is 0.191 e. The van der Waals surface area contributed by atoms with Crippen LogP contribution in [-0.4, -0.2) is 20.6 Å². The number of rotatable bonds is 3. The molecule has 0 fully saturated rings. The minimum atomic E-state index is -0.218. The van der Waals surface area contributed by atoms with Crippen LogP contribution in [0.5, 0.6) is 0 Å². The van der Waals surface area contributed by atoms with E-state index in [1.54, 1.807) is 0 Å². The van der Waals surface area contributed by atoms with Crippen LogP contribution < -0.4 is 5.73 Å². The van der Waals surface area contributed by atoms with Crippen molar-refractivity contribution in [1.29, 1.82) is 0 Å². The highest BCUT2D eigenvalue weighted by atomic mass is 79.9. The molecule has 0 aliphatic heterocycles. The summed E-state index contributed by atoms with van der Waals surface area (Å²) in [7, 11) is 0. The lowest BCUT2D eigenvalue weighted by Crippen LogP contribution is -2.15. The van der Waals surface area contributed by atoms with E-state index >= 15 is 0 Å². The second-order valence-corrected chi connectivity index (χ2v) is 4.12. The highest BCUT2D eigenvalue weighted by Gasteiger charge is 2.11. The van der Waals surface area contributed by atoms with Crippen LogP contribution in [0.25, 0.3) is 0 Å². The molecule has 0 saturated heterocycles. The van der Waals surface area contributed by atoms with Gasteiger partial charge in [0.05, 0.1) is 6.04 Å². The number of aromatic amines is 1. The van der Waals surface area contributed by atoms with Gasteiger partial charge < -0.3 is 5.73 Å². The van der Waals surface area contributed by atoms with Crippen LogP contribution in [0.3, 0.4) is 0 Å². The number of nitrogens with two attached hydrogens (primary N) is 1. The van der Waals surface area contributed by atoms with Crippen LogP contribution in [-0.2, 0) is 6.42 Å². The second-order valence-electron chi connectivity index (χ2n) is 3.21. The monoisotopic (exact) mass is 267 g/mol. The lowest BCUT2D eigenvalue weighted by molar-refractivity contribution is 0.669. The van der Waals surface area contributed by atoms with Crippen molar-refractivity contribution in [2.24, 2.45) is 5.73 Å². The van der Waals surface area contributed by atoms with Gasteiger partial charge in [-0.3, -0.25) is 0 Å². The molecule has 0 aliphatic carbocycles. The molecule has 0 unspecified atom stereocenters. The number of aromatic nitrogens is 4. The SMILES string of the molecule is N[C@@H](Cc1ccc(Br)cc1)c1nn[nH]n1. The van der Waals surface area contributed by atoms with E-state index in [0.29, 0.717) is 12.2 Å². The van der Waals surface area contributed by atoms with E-state index in [4.69, 9.17) is 5.73 Å². The maximum absolute atomic E-state index is 5.91. The van der Waals surface area contributed by atoms with Crippen molar-refractivity contribution in [3.8, 4) is 0 Å². The fraction of sp³-hybridized carbons (Fsp3) is 0.222. The summed E-state index contributed by atoms with van der Waals surface area (Å²) in [6.45, 7) is 0. The Hall–Kier alpha value is -1.27. The average molecular weight is 268 g/mol. The van der Waals surface area contributed by atoms with Gasteiger partial charge in [0.25, 0.3) is 0 Å². The van der Waals surface area contributed by atoms with Crippen LogP contribution in [0.15, 0.2) is 28.7 Å². The Morgan fingerprint density at radius 2 is 2.07 bits per heavy atom. The normalized spacial score (nSPS) is 12.7. The molecule has 1 aromatic heterocycles. The fourth-order valence-corrected chi connectivity index (χ4v) is 1.56. The molecular formula is C9H10BrN5. The van der Waals surface area contributed by atoms with Gasteiger partial charge >= 0.3 is 0 Å². The van der Waals surface area contributed by atoms with Gasteiger partial charge in [0.1, 0.15) is 0 Å². The first-order chi connectivity index (χ1) is 7.25. The van der Waals surface area contributed by atoms with Gasteiger partial charge in [-0.2, -0.15) is 5.21 Å². The molecule has 0 aliphatic rings. The fourth-order valence-electron chi connectivity index (χ4n) is 1.29. The zero-order chi connectivity index (χ0) is 10.7. The predicted molar refractivity (Wildman–Crippen MR) is 59.0 cm³/mol. The van der Waals surface area contributed by atoms with E-state index in [9.17, 15) is 0 Å². The molecule has 1 atom stereocenters. The van der Waals surface area contributed by atoms with Crippen molar-refractivity contribution in [2.75, 3.05) is 0 Å². The zero-order valence-corrected chi connectivity index (χ0v) is 9.48. The number of tetrazole rings is 1. The summed E-state index contributed by atoms with van der Waals surface area (Å²) >= 11 is 3.38. The zero-order valence-electron chi connectivity index (χ0n) is 7.89. The van der Waals surface area contributed by atoms with Crippen molar-refractivity contribution in [1.82, 2.24) is 20.6 Å². The first-order valence-electron chi connectivity index (χ1n) is 4.49. The Morgan fingerprint density at radius 3 is 2.67 bits per heavy atom. The Bertz CT molecular complexity index is 411. The number of halogens is 1. The summed E-state index contributed by atoms with van der Waals surface area (Å²) in [4.78, 5) is 0. The largest absolute Gasteiger partial charge is 0.321 e. The first-order valence-corrected chi connectivity index (χ1v) is 5.28. The summed E-state index contributed by atoms with van der Waals surface area (Å²) in [5.74, 6) is 0.540. The van der Waals surface area contributed by atoms with Crippen molar-refractivity contribution >= 4 is 15.9 Å². The predicted octanol–water partition coefficient (Wildman–Crippen LogP) is 1.20. The third kappa shape index (κ3) is 2.60. The molecule has 0 radical (unpaired) electrons. The lowest BCUT2D eigenvalue weighted by Gasteiger charge is -2.06. The Kier molecular flexibility index (Phi) is 3.08. The van der Waals surface area contributed by atoms with Crippen LogP contribution in [0.1, 0.15) is 17.4 Å². The number of hydrogen-bond acceptors (Lipinski definition) is 4. The van der Waals surface area contributed by atoms with Gasteiger partial charge in [-0.1, -0.05) is 33.3 Å².